The first-order chi connectivity index (χ1) is 8.16. The number of pyridine rings is 1. The second-order valence-corrected chi connectivity index (χ2v) is 4.50. The number of carboxylic acid groups (broad SMARTS) is 1. The molecule has 0 fully saturated rings. The largest absolute Gasteiger partial charge is 0.477 e. The Balaban J connectivity index is 2.28. The molecule has 0 aliphatic carbocycles. The van der Waals surface area contributed by atoms with Crippen LogP contribution in [0.15, 0.2) is 42.6 Å². The third kappa shape index (κ3) is 2.94. The lowest BCUT2D eigenvalue weighted by atomic mass is 10.3. The van der Waals surface area contributed by atoms with Crippen LogP contribution >= 0.6 is 22.6 Å². The van der Waals surface area contributed by atoms with Crippen molar-refractivity contribution in [3.63, 3.8) is 0 Å². The lowest BCUT2D eigenvalue weighted by Crippen LogP contribution is -2.01. The number of anilines is 2. The summed E-state index contributed by atoms with van der Waals surface area (Å²) >= 11 is 2.21. The van der Waals surface area contributed by atoms with Crippen LogP contribution in [-0.4, -0.2) is 16.1 Å². The molecule has 2 rings (SSSR count). The van der Waals surface area contributed by atoms with Gasteiger partial charge in [0.2, 0.25) is 0 Å². The van der Waals surface area contributed by atoms with E-state index in [0.29, 0.717) is 5.69 Å². The maximum absolute atomic E-state index is 10.8. The second-order valence-electron chi connectivity index (χ2n) is 3.34. The predicted octanol–water partition coefficient (Wildman–Crippen LogP) is 3.13. The number of hydrogen-bond acceptors (Lipinski definition) is 3. The van der Waals surface area contributed by atoms with Crippen LogP contribution in [0.25, 0.3) is 0 Å². The smallest absolute Gasteiger partial charge is 0.354 e. The van der Waals surface area contributed by atoms with E-state index >= 15 is 0 Å². The zero-order valence-corrected chi connectivity index (χ0v) is 10.9. The Labute approximate surface area is 112 Å². The van der Waals surface area contributed by atoms with Crippen LogP contribution in [0.2, 0.25) is 0 Å². The van der Waals surface area contributed by atoms with Gasteiger partial charge in [-0.1, -0.05) is 12.1 Å². The minimum absolute atomic E-state index is 0.0286. The third-order valence-corrected chi connectivity index (χ3v) is 3.07. The van der Waals surface area contributed by atoms with Crippen molar-refractivity contribution in [2.45, 2.75) is 0 Å². The van der Waals surface area contributed by atoms with Gasteiger partial charge in [0.15, 0.2) is 0 Å². The van der Waals surface area contributed by atoms with Crippen LogP contribution in [0.3, 0.4) is 0 Å². The fourth-order valence-electron chi connectivity index (χ4n) is 1.34. The summed E-state index contributed by atoms with van der Waals surface area (Å²) in [5.41, 5.74) is 1.68. The molecule has 5 heteroatoms. The monoisotopic (exact) mass is 340 g/mol. The molecule has 0 aliphatic heterocycles. The topological polar surface area (TPSA) is 62.2 Å². The maximum Gasteiger partial charge on any atom is 0.354 e. The molecule has 1 aromatic carbocycles. The number of aromatic nitrogens is 1. The molecule has 2 N–H and O–H groups in total. The van der Waals surface area contributed by atoms with Crippen molar-refractivity contribution in [3.8, 4) is 0 Å². The van der Waals surface area contributed by atoms with Crippen molar-refractivity contribution in [2.24, 2.45) is 0 Å². The Morgan fingerprint density at radius 2 is 2.06 bits per heavy atom. The van der Waals surface area contributed by atoms with Crippen molar-refractivity contribution >= 4 is 39.9 Å². The van der Waals surface area contributed by atoms with Crippen LogP contribution in [-0.2, 0) is 0 Å². The van der Waals surface area contributed by atoms with E-state index in [9.17, 15) is 4.79 Å². The molecule has 0 amide bonds. The van der Waals surface area contributed by atoms with Crippen LogP contribution in [0.4, 0.5) is 11.4 Å². The molecule has 1 heterocycles. The molecule has 0 saturated heterocycles. The summed E-state index contributed by atoms with van der Waals surface area (Å²) in [6.45, 7) is 0. The Morgan fingerprint density at radius 3 is 2.76 bits per heavy atom. The van der Waals surface area contributed by atoms with Gasteiger partial charge in [-0.05, 0) is 46.9 Å². The van der Waals surface area contributed by atoms with E-state index in [1.165, 1.54) is 12.3 Å². The summed E-state index contributed by atoms with van der Waals surface area (Å²) in [6, 6.07) is 11.0. The van der Waals surface area contributed by atoms with Gasteiger partial charge >= 0.3 is 5.97 Å². The highest BCUT2D eigenvalue weighted by Crippen LogP contribution is 2.22. The van der Waals surface area contributed by atoms with Gasteiger partial charge in [0.1, 0.15) is 5.69 Å². The molecule has 0 unspecified atom stereocenters. The first-order valence-corrected chi connectivity index (χ1v) is 5.95. The fraction of sp³-hybridized carbons (Fsp3) is 0. The number of nitrogens with one attached hydrogen (secondary N) is 1. The van der Waals surface area contributed by atoms with Crippen molar-refractivity contribution in [1.29, 1.82) is 0 Å². The first kappa shape index (κ1) is 11.8. The maximum atomic E-state index is 10.8. The number of halogens is 1. The molecule has 86 valence electrons. The molecular formula is C12H9IN2O2. The van der Waals surface area contributed by atoms with Crippen molar-refractivity contribution in [1.82, 2.24) is 4.98 Å². The van der Waals surface area contributed by atoms with E-state index in [-0.39, 0.29) is 5.69 Å². The number of carboxylic acids is 1. The van der Waals surface area contributed by atoms with Gasteiger partial charge < -0.3 is 10.4 Å². The molecule has 0 saturated carbocycles. The number of carbonyl (C=O) groups is 1. The molecular weight excluding hydrogens is 331 g/mol. The van der Waals surface area contributed by atoms with Crippen molar-refractivity contribution < 1.29 is 9.90 Å². The molecule has 4 nitrogen and oxygen atoms in total. The Morgan fingerprint density at radius 1 is 1.29 bits per heavy atom. The minimum Gasteiger partial charge on any atom is -0.477 e. The molecule has 17 heavy (non-hydrogen) atoms. The highest BCUT2D eigenvalue weighted by atomic mass is 127. The lowest BCUT2D eigenvalue weighted by molar-refractivity contribution is 0.0690. The van der Waals surface area contributed by atoms with E-state index in [0.717, 1.165) is 9.26 Å². The summed E-state index contributed by atoms with van der Waals surface area (Å²) in [4.78, 5) is 14.5. The molecule has 0 aliphatic rings. The van der Waals surface area contributed by atoms with Crippen molar-refractivity contribution in [2.75, 3.05) is 5.32 Å². The first-order valence-electron chi connectivity index (χ1n) is 4.88. The van der Waals surface area contributed by atoms with Crippen LogP contribution in [0.1, 0.15) is 10.5 Å². The van der Waals surface area contributed by atoms with Gasteiger partial charge in [0.25, 0.3) is 0 Å². The third-order valence-electron chi connectivity index (χ3n) is 2.13. The molecule has 0 radical (unpaired) electrons. The minimum atomic E-state index is -1.03. The normalized spacial score (nSPS) is 9.94. The van der Waals surface area contributed by atoms with Gasteiger partial charge in [-0.25, -0.2) is 9.78 Å². The number of aromatic carboxylic acids is 1. The Kier molecular flexibility index (Phi) is 3.58. The number of rotatable bonds is 3. The van der Waals surface area contributed by atoms with Gasteiger partial charge in [0, 0.05) is 15.5 Å². The van der Waals surface area contributed by atoms with E-state index in [1.807, 2.05) is 24.3 Å². The molecule has 0 atom stereocenters. The Bertz CT molecular complexity index is 558. The average molecular weight is 340 g/mol. The van der Waals surface area contributed by atoms with Gasteiger partial charge in [0.05, 0.1) is 5.69 Å². The zero-order valence-electron chi connectivity index (χ0n) is 8.72. The van der Waals surface area contributed by atoms with E-state index in [4.69, 9.17) is 5.11 Å². The number of hydrogen-bond donors (Lipinski definition) is 2. The SMILES string of the molecule is O=C(O)c1cc(Nc2ccccc2I)ccn1. The average Bonchev–Trinajstić information content (AvgIpc) is 2.32. The quantitative estimate of drug-likeness (QED) is 0.843. The summed E-state index contributed by atoms with van der Waals surface area (Å²) in [5.74, 6) is -1.03. The second kappa shape index (κ2) is 5.13. The summed E-state index contributed by atoms with van der Waals surface area (Å²) in [7, 11) is 0. The zero-order chi connectivity index (χ0) is 12.3. The van der Waals surface area contributed by atoms with Gasteiger partial charge in [-0.3, -0.25) is 0 Å². The Hall–Kier alpha value is -1.63. The summed E-state index contributed by atoms with van der Waals surface area (Å²) in [5, 5.41) is 12.0. The van der Waals surface area contributed by atoms with Gasteiger partial charge in [-0.15, -0.1) is 0 Å². The lowest BCUT2D eigenvalue weighted by Gasteiger charge is -2.08. The van der Waals surface area contributed by atoms with E-state index < -0.39 is 5.97 Å². The number of benzene rings is 1. The molecule has 2 aromatic rings. The van der Waals surface area contributed by atoms with Crippen LogP contribution < -0.4 is 5.32 Å². The van der Waals surface area contributed by atoms with Crippen molar-refractivity contribution in [3.05, 3.63) is 51.9 Å². The van der Waals surface area contributed by atoms with Crippen LogP contribution in [0.5, 0.6) is 0 Å². The molecule has 0 spiro atoms. The molecule has 1 aromatic heterocycles. The summed E-state index contributed by atoms with van der Waals surface area (Å²) in [6.07, 6.45) is 1.47. The number of para-hydroxylation sites is 1. The fourth-order valence-corrected chi connectivity index (χ4v) is 1.87. The summed E-state index contributed by atoms with van der Waals surface area (Å²) < 4.78 is 1.07. The van der Waals surface area contributed by atoms with E-state index in [1.54, 1.807) is 6.07 Å². The highest BCUT2D eigenvalue weighted by molar-refractivity contribution is 14.1. The highest BCUT2D eigenvalue weighted by Gasteiger charge is 2.05. The van der Waals surface area contributed by atoms with Crippen LogP contribution in [0, 0.1) is 3.57 Å². The van der Waals surface area contributed by atoms with Gasteiger partial charge in [-0.2, -0.15) is 0 Å². The molecule has 0 bridgehead atoms. The standard InChI is InChI=1S/C12H9IN2O2/c13-9-3-1-2-4-10(9)15-8-5-6-14-11(7-8)12(16)17/h1-7H,(H,14,15)(H,16,17). The predicted molar refractivity (Wildman–Crippen MR) is 73.6 cm³/mol. The van der Waals surface area contributed by atoms with E-state index in [2.05, 4.69) is 32.9 Å². The number of nitrogens with zero attached hydrogens (tertiary/aromatic N) is 1.